The average Bonchev–Trinajstić information content (AvgIpc) is 2.57. The number of benzene rings is 1. The van der Waals surface area contributed by atoms with Crippen molar-refractivity contribution >= 4 is 12.0 Å². The minimum absolute atomic E-state index is 0.226. The second-order valence-corrected chi connectivity index (χ2v) is 5.41. The second kappa shape index (κ2) is 7.77. The molecule has 0 saturated carbocycles. The van der Waals surface area contributed by atoms with Crippen molar-refractivity contribution in [3.8, 4) is 17.1 Å². The molecule has 0 atom stereocenters. The first-order chi connectivity index (χ1) is 11.5. The van der Waals surface area contributed by atoms with E-state index >= 15 is 0 Å². The number of ether oxygens (including phenoxy) is 1. The zero-order chi connectivity index (χ0) is 17.7. The maximum atomic E-state index is 11.1. The highest BCUT2D eigenvalue weighted by atomic mass is 16.7. The summed E-state index contributed by atoms with van der Waals surface area (Å²) in [6, 6.07) is 7.94. The Morgan fingerprint density at radius 3 is 2.25 bits per heavy atom. The molecule has 0 radical (unpaired) electrons. The van der Waals surface area contributed by atoms with Gasteiger partial charge in [0.1, 0.15) is 0 Å². The first kappa shape index (κ1) is 17.7. The van der Waals surface area contributed by atoms with E-state index in [-0.39, 0.29) is 5.75 Å². The van der Waals surface area contributed by atoms with Gasteiger partial charge in [0.15, 0.2) is 17.4 Å². The minimum Gasteiger partial charge on any atom is -0.449 e. The van der Waals surface area contributed by atoms with Crippen LogP contribution in [0, 0.1) is 6.92 Å². The van der Waals surface area contributed by atoms with Crippen LogP contribution in [0.4, 0.5) is 10.6 Å². The lowest BCUT2D eigenvalue weighted by Crippen LogP contribution is -2.25. The molecule has 24 heavy (non-hydrogen) atoms. The monoisotopic (exact) mass is 329 g/mol. The number of nitrogens with zero attached hydrogens (tertiary/aromatic N) is 3. The van der Waals surface area contributed by atoms with Crippen molar-refractivity contribution in [2.24, 2.45) is 0 Å². The Kier molecular flexibility index (Phi) is 5.73. The SMILES string of the molecule is CCc1nc(-c2ccc(C)cc2)nc(N(CC)CC)c1OC(=O)O. The maximum Gasteiger partial charge on any atom is 0.511 e. The molecule has 0 aliphatic rings. The Bertz CT molecular complexity index is 710. The molecular weight excluding hydrogens is 306 g/mol. The quantitative estimate of drug-likeness (QED) is 0.810. The molecule has 1 aromatic carbocycles. The van der Waals surface area contributed by atoms with Crippen LogP contribution < -0.4 is 9.64 Å². The number of carboxylic acid groups (broad SMARTS) is 1. The van der Waals surface area contributed by atoms with Crippen LogP contribution in [0.3, 0.4) is 0 Å². The molecule has 1 heterocycles. The zero-order valence-corrected chi connectivity index (χ0v) is 14.5. The summed E-state index contributed by atoms with van der Waals surface area (Å²) in [4.78, 5) is 22.2. The average molecular weight is 329 g/mol. The normalized spacial score (nSPS) is 10.5. The minimum atomic E-state index is -1.36. The standard InChI is InChI=1S/C18H23N3O3/c1-5-14-15(24-18(22)23)17(21(6-2)7-3)20-16(19-14)13-10-8-12(4)9-11-13/h8-11H,5-7H2,1-4H3,(H,22,23). The fourth-order valence-corrected chi connectivity index (χ4v) is 2.48. The van der Waals surface area contributed by atoms with Gasteiger partial charge in [-0.3, -0.25) is 0 Å². The summed E-state index contributed by atoms with van der Waals surface area (Å²) in [5.41, 5.74) is 2.64. The van der Waals surface area contributed by atoms with Gasteiger partial charge < -0.3 is 14.7 Å². The lowest BCUT2D eigenvalue weighted by molar-refractivity contribution is 0.144. The summed E-state index contributed by atoms with van der Waals surface area (Å²) in [6.45, 7) is 9.32. The van der Waals surface area contributed by atoms with E-state index in [1.54, 1.807) is 0 Å². The highest BCUT2D eigenvalue weighted by molar-refractivity contribution is 5.69. The fourth-order valence-electron chi connectivity index (χ4n) is 2.48. The third kappa shape index (κ3) is 3.82. The number of carbonyl (C=O) groups is 1. The van der Waals surface area contributed by atoms with Crippen molar-refractivity contribution in [1.29, 1.82) is 0 Å². The molecule has 6 nitrogen and oxygen atoms in total. The van der Waals surface area contributed by atoms with Gasteiger partial charge in [-0.2, -0.15) is 0 Å². The molecular formula is C18H23N3O3. The Hall–Kier alpha value is -2.63. The molecule has 6 heteroatoms. The number of rotatable bonds is 6. The van der Waals surface area contributed by atoms with Crippen LogP contribution in [0.5, 0.6) is 5.75 Å². The van der Waals surface area contributed by atoms with Crippen molar-refractivity contribution in [3.63, 3.8) is 0 Å². The lowest BCUT2D eigenvalue weighted by atomic mass is 10.1. The molecule has 0 aliphatic heterocycles. The molecule has 0 amide bonds. The summed E-state index contributed by atoms with van der Waals surface area (Å²) in [6.07, 6.45) is -0.803. The number of aromatic nitrogens is 2. The van der Waals surface area contributed by atoms with E-state index in [0.717, 1.165) is 11.1 Å². The lowest BCUT2D eigenvalue weighted by Gasteiger charge is -2.23. The molecule has 0 aliphatic carbocycles. The van der Waals surface area contributed by atoms with E-state index in [1.807, 2.05) is 56.9 Å². The van der Waals surface area contributed by atoms with E-state index in [0.29, 0.717) is 36.8 Å². The van der Waals surface area contributed by atoms with Gasteiger partial charge >= 0.3 is 6.16 Å². The maximum absolute atomic E-state index is 11.1. The number of hydrogen-bond acceptors (Lipinski definition) is 5. The third-order valence-corrected chi connectivity index (χ3v) is 3.81. The Morgan fingerprint density at radius 2 is 1.75 bits per heavy atom. The molecule has 1 aromatic heterocycles. The van der Waals surface area contributed by atoms with Gasteiger partial charge in [-0.25, -0.2) is 14.8 Å². The van der Waals surface area contributed by atoms with Gasteiger partial charge in [0.25, 0.3) is 0 Å². The van der Waals surface area contributed by atoms with Gasteiger partial charge in [0.05, 0.1) is 5.69 Å². The number of anilines is 1. The summed E-state index contributed by atoms with van der Waals surface area (Å²) < 4.78 is 5.01. The largest absolute Gasteiger partial charge is 0.511 e. The summed E-state index contributed by atoms with van der Waals surface area (Å²) in [7, 11) is 0. The van der Waals surface area contributed by atoms with Crippen LogP contribution in [0.2, 0.25) is 0 Å². The van der Waals surface area contributed by atoms with Crippen molar-refractivity contribution in [3.05, 3.63) is 35.5 Å². The first-order valence-corrected chi connectivity index (χ1v) is 8.13. The van der Waals surface area contributed by atoms with Crippen molar-refractivity contribution in [1.82, 2.24) is 9.97 Å². The van der Waals surface area contributed by atoms with Gasteiger partial charge in [-0.15, -0.1) is 0 Å². The fraction of sp³-hybridized carbons (Fsp3) is 0.389. The van der Waals surface area contributed by atoms with Crippen molar-refractivity contribution in [2.45, 2.75) is 34.1 Å². The molecule has 2 rings (SSSR count). The molecule has 0 saturated heterocycles. The van der Waals surface area contributed by atoms with Crippen LogP contribution in [-0.2, 0) is 6.42 Å². The predicted molar refractivity (Wildman–Crippen MR) is 93.8 cm³/mol. The molecule has 1 N–H and O–H groups in total. The topological polar surface area (TPSA) is 75.5 Å². The molecule has 0 unspecified atom stereocenters. The van der Waals surface area contributed by atoms with E-state index in [4.69, 9.17) is 9.84 Å². The van der Waals surface area contributed by atoms with Crippen molar-refractivity contribution in [2.75, 3.05) is 18.0 Å². The van der Waals surface area contributed by atoms with Crippen LogP contribution in [0.15, 0.2) is 24.3 Å². The zero-order valence-electron chi connectivity index (χ0n) is 14.5. The van der Waals surface area contributed by atoms with Crippen molar-refractivity contribution < 1.29 is 14.6 Å². The number of aryl methyl sites for hydroxylation is 2. The predicted octanol–water partition coefficient (Wildman–Crippen LogP) is 3.92. The first-order valence-electron chi connectivity index (χ1n) is 8.13. The van der Waals surface area contributed by atoms with E-state index in [2.05, 4.69) is 9.97 Å². The molecule has 0 fully saturated rings. The summed E-state index contributed by atoms with van der Waals surface area (Å²) >= 11 is 0. The smallest absolute Gasteiger partial charge is 0.449 e. The van der Waals surface area contributed by atoms with Gasteiger partial charge in [-0.1, -0.05) is 36.8 Å². The van der Waals surface area contributed by atoms with E-state index < -0.39 is 6.16 Å². The van der Waals surface area contributed by atoms with Crippen LogP contribution >= 0.6 is 0 Å². The highest BCUT2D eigenvalue weighted by Gasteiger charge is 2.21. The van der Waals surface area contributed by atoms with Crippen LogP contribution in [0.1, 0.15) is 32.0 Å². The second-order valence-electron chi connectivity index (χ2n) is 5.41. The van der Waals surface area contributed by atoms with Gasteiger partial charge in [0, 0.05) is 18.7 Å². The number of hydrogen-bond donors (Lipinski definition) is 1. The molecule has 128 valence electrons. The Balaban J connectivity index is 2.64. The van der Waals surface area contributed by atoms with Gasteiger partial charge in [0.2, 0.25) is 0 Å². The highest BCUT2D eigenvalue weighted by Crippen LogP contribution is 2.32. The van der Waals surface area contributed by atoms with E-state index in [9.17, 15) is 4.79 Å². The van der Waals surface area contributed by atoms with E-state index in [1.165, 1.54) is 0 Å². The van der Waals surface area contributed by atoms with Gasteiger partial charge in [-0.05, 0) is 27.2 Å². The molecule has 2 aromatic rings. The third-order valence-electron chi connectivity index (χ3n) is 3.81. The molecule has 0 bridgehead atoms. The molecule has 0 spiro atoms. The Morgan fingerprint density at radius 1 is 1.12 bits per heavy atom. The Labute approximate surface area is 142 Å². The van der Waals surface area contributed by atoms with Crippen LogP contribution in [0.25, 0.3) is 11.4 Å². The summed E-state index contributed by atoms with van der Waals surface area (Å²) in [5.74, 6) is 1.32. The van der Waals surface area contributed by atoms with Crippen LogP contribution in [-0.4, -0.2) is 34.3 Å². The summed E-state index contributed by atoms with van der Waals surface area (Å²) in [5, 5.41) is 9.06.